The largest absolute Gasteiger partial charge is 0.573 e. The Labute approximate surface area is 134 Å². The number of rotatable bonds is 5. The fourth-order valence-corrected chi connectivity index (χ4v) is 2.26. The second-order valence-corrected chi connectivity index (χ2v) is 4.95. The van der Waals surface area contributed by atoms with Crippen LogP contribution in [0.2, 0.25) is 0 Å². The first kappa shape index (κ1) is 15.9. The maximum absolute atomic E-state index is 12.1. The summed E-state index contributed by atoms with van der Waals surface area (Å²) in [5.74, 6) is -0.736. The van der Waals surface area contributed by atoms with Crippen molar-refractivity contribution >= 4 is 11.6 Å². The molecule has 9 heteroatoms. The lowest BCUT2D eigenvalue weighted by atomic mass is 10.2. The molecule has 0 spiro atoms. The van der Waals surface area contributed by atoms with Gasteiger partial charge in [0.2, 0.25) is 0 Å². The van der Waals surface area contributed by atoms with Crippen LogP contribution in [0.3, 0.4) is 0 Å². The van der Waals surface area contributed by atoms with Gasteiger partial charge in [0.15, 0.2) is 0 Å². The minimum Gasteiger partial charge on any atom is -0.406 e. The molecule has 0 aliphatic heterocycles. The van der Waals surface area contributed by atoms with Gasteiger partial charge in [0.1, 0.15) is 11.4 Å². The fourth-order valence-electron chi connectivity index (χ4n) is 2.26. The van der Waals surface area contributed by atoms with Crippen LogP contribution in [0.25, 0.3) is 5.65 Å². The summed E-state index contributed by atoms with van der Waals surface area (Å²) in [6, 6.07) is 6.61. The molecule has 24 heavy (non-hydrogen) atoms. The van der Waals surface area contributed by atoms with Gasteiger partial charge < -0.3 is 14.6 Å². The molecule has 3 aromatic rings. The molecule has 2 heterocycles. The maximum atomic E-state index is 12.1. The average Bonchev–Trinajstić information content (AvgIpc) is 3.11. The zero-order valence-electron chi connectivity index (χ0n) is 12.3. The highest BCUT2D eigenvalue weighted by atomic mass is 19.4. The minimum absolute atomic E-state index is 0.256. The molecule has 2 aromatic heterocycles. The van der Waals surface area contributed by atoms with E-state index in [1.165, 1.54) is 12.1 Å². The Morgan fingerprint density at radius 1 is 1.17 bits per heavy atom. The Balaban J connectivity index is 1.54. The van der Waals surface area contributed by atoms with Gasteiger partial charge in [0.05, 0.1) is 6.20 Å². The van der Waals surface area contributed by atoms with Gasteiger partial charge in [0.25, 0.3) is 5.91 Å². The van der Waals surface area contributed by atoms with Gasteiger partial charge in [-0.2, -0.15) is 5.10 Å². The molecule has 126 valence electrons. The van der Waals surface area contributed by atoms with Crippen molar-refractivity contribution in [1.29, 1.82) is 0 Å². The average molecular weight is 338 g/mol. The van der Waals surface area contributed by atoms with Crippen molar-refractivity contribution in [1.82, 2.24) is 19.5 Å². The lowest BCUT2D eigenvalue weighted by Crippen LogP contribution is -2.27. The zero-order chi connectivity index (χ0) is 17.2. The van der Waals surface area contributed by atoms with Crippen molar-refractivity contribution in [3.8, 4) is 5.75 Å². The van der Waals surface area contributed by atoms with Crippen LogP contribution in [0.4, 0.5) is 13.2 Å². The van der Waals surface area contributed by atoms with Gasteiger partial charge in [-0.15, -0.1) is 13.2 Å². The van der Waals surface area contributed by atoms with E-state index in [-0.39, 0.29) is 17.2 Å². The standard InChI is InChI=1S/C15H13F3N4O2/c16-15(17,18)24-12-3-1-11(2-4-12)14(23)19-7-8-21-9-10-22-13(21)5-6-20-22/h1-6,9-10H,7-8H2,(H,19,23). The first-order valence-electron chi connectivity index (χ1n) is 7.05. The van der Waals surface area contributed by atoms with Crippen molar-refractivity contribution in [2.45, 2.75) is 12.9 Å². The Hall–Kier alpha value is -2.97. The number of ether oxygens (including phenoxy) is 1. The summed E-state index contributed by atoms with van der Waals surface area (Å²) in [4.78, 5) is 12.0. The molecule has 0 aliphatic rings. The number of amides is 1. The SMILES string of the molecule is O=C(NCCn1ccn2nccc12)c1ccc(OC(F)(F)F)cc1. The molecule has 1 N–H and O–H groups in total. The van der Waals surface area contributed by atoms with Crippen LogP contribution in [-0.4, -0.2) is 33.0 Å². The molecule has 0 fully saturated rings. The minimum atomic E-state index is -4.75. The number of imidazole rings is 1. The third kappa shape index (κ3) is 3.67. The van der Waals surface area contributed by atoms with Gasteiger partial charge in [-0.3, -0.25) is 4.79 Å². The quantitative estimate of drug-likeness (QED) is 0.777. The summed E-state index contributed by atoms with van der Waals surface area (Å²) in [6.07, 6.45) is 0.572. The van der Waals surface area contributed by atoms with Crippen molar-refractivity contribution < 1.29 is 22.7 Å². The highest BCUT2D eigenvalue weighted by Crippen LogP contribution is 2.22. The van der Waals surface area contributed by atoms with E-state index in [1.807, 2.05) is 16.8 Å². The van der Waals surface area contributed by atoms with Crippen LogP contribution in [-0.2, 0) is 6.54 Å². The van der Waals surface area contributed by atoms with Gasteiger partial charge in [-0.25, -0.2) is 4.52 Å². The number of alkyl halides is 3. The highest BCUT2D eigenvalue weighted by Gasteiger charge is 2.31. The number of hydrogen-bond donors (Lipinski definition) is 1. The van der Waals surface area contributed by atoms with Crippen LogP contribution in [0, 0.1) is 0 Å². The summed E-state index contributed by atoms with van der Waals surface area (Å²) in [7, 11) is 0. The number of carbonyl (C=O) groups excluding carboxylic acids is 1. The zero-order valence-corrected chi connectivity index (χ0v) is 12.3. The smallest absolute Gasteiger partial charge is 0.406 e. The fraction of sp³-hybridized carbons (Fsp3) is 0.200. The van der Waals surface area contributed by atoms with E-state index in [9.17, 15) is 18.0 Å². The number of nitrogens with one attached hydrogen (secondary N) is 1. The van der Waals surface area contributed by atoms with Gasteiger partial charge in [-0.1, -0.05) is 0 Å². The monoisotopic (exact) mass is 338 g/mol. The van der Waals surface area contributed by atoms with Crippen molar-refractivity contribution in [2.75, 3.05) is 6.54 Å². The molecule has 6 nitrogen and oxygen atoms in total. The van der Waals surface area contributed by atoms with E-state index >= 15 is 0 Å². The van der Waals surface area contributed by atoms with E-state index < -0.39 is 6.36 Å². The van der Waals surface area contributed by atoms with Crippen LogP contribution in [0.1, 0.15) is 10.4 Å². The van der Waals surface area contributed by atoms with Gasteiger partial charge >= 0.3 is 6.36 Å². The second kappa shape index (κ2) is 6.26. The van der Waals surface area contributed by atoms with Crippen molar-refractivity contribution in [3.63, 3.8) is 0 Å². The predicted molar refractivity (Wildman–Crippen MR) is 78.6 cm³/mol. The Bertz CT molecular complexity index is 836. The molecule has 0 atom stereocenters. The van der Waals surface area contributed by atoms with E-state index in [2.05, 4.69) is 15.2 Å². The Morgan fingerprint density at radius 3 is 2.62 bits per heavy atom. The van der Waals surface area contributed by atoms with Crippen LogP contribution >= 0.6 is 0 Å². The first-order valence-corrected chi connectivity index (χ1v) is 7.05. The summed E-state index contributed by atoms with van der Waals surface area (Å²) < 4.78 is 43.6. The number of fused-ring (bicyclic) bond motifs is 1. The molecule has 0 unspecified atom stereocenters. The number of nitrogens with zero attached hydrogens (tertiary/aromatic N) is 3. The molecule has 1 aromatic carbocycles. The van der Waals surface area contributed by atoms with Crippen LogP contribution in [0.15, 0.2) is 48.9 Å². The molecular formula is C15H13F3N4O2. The highest BCUT2D eigenvalue weighted by molar-refractivity contribution is 5.94. The van der Waals surface area contributed by atoms with Gasteiger partial charge in [0, 0.05) is 37.1 Å². The molecule has 0 aliphatic carbocycles. The topological polar surface area (TPSA) is 60.6 Å². The number of halogens is 3. The lowest BCUT2D eigenvalue weighted by Gasteiger charge is -2.10. The van der Waals surface area contributed by atoms with E-state index in [0.717, 1.165) is 17.8 Å². The normalized spacial score (nSPS) is 11.6. The van der Waals surface area contributed by atoms with Crippen molar-refractivity contribution in [3.05, 3.63) is 54.5 Å². The number of aromatic nitrogens is 3. The third-order valence-corrected chi connectivity index (χ3v) is 3.32. The summed E-state index contributed by atoms with van der Waals surface area (Å²) in [5, 5.41) is 6.79. The van der Waals surface area contributed by atoms with Crippen molar-refractivity contribution in [2.24, 2.45) is 0 Å². The Kier molecular flexibility index (Phi) is 4.15. The summed E-state index contributed by atoms with van der Waals surface area (Å²) >= 11 is 0. The van der Waals surface area contributed by atoms with E-state index in [4.69, 9.17) is 0 Å². The predicted octanol–water partition coefficient (Wildman–Crippen LogP) is 2.46. The lowest BCUT2D eigenvalue weighted by molar-refractivity contribution is -0.274. The number of benzene rings is 1. The van der Waals surface area contributed by atoms with E-state index in [1.54, 1.807) is 16.9 Å². The number of carbonyl (C=O) groups is 1. The molecular weight excluding hydrogens is 325 g/mol. The molecule has 0 saturated heterocycles. The maximum Gasteiger partial charge on any atom is 0.573 e. The first-order chi connectivity index (χ1) is 11.4. The molecule has 0 bridgehead atoms. The summed E-state index contributed by atoms with van der Waals surface area (Å²) in [5.41, 5.74) is 1.16. The Morgan fingerprint density at radius 2 is 1.92 bits per heavy atom. The molecule has 1 amide bonds. The molecule has 3 rings (SSSR count). The van der Waals surface area contributed by atoms with Crippen LogP contribution in [0.5, 0.6) is 5.75 Å². The summed E-state index contributed by atoms with van der Waals surface area (Å²) in [6.45, 7) is 0.915. The second-order valence-electron chi connectivity index (χ2n) is 4.95. The van der Waals surface area contributed by atoms with Crippen LogP contribution < -0.4 is 10.1 Å². The third-order valence-electron chi connectivity index (χ3n) is 3.32. The number of hydrogen-bond acceptors (Lipinski definition) is 3. The van der Waals surface area contributed by atoms with Gasteiger partial charge in [-0.05, 0) is 24.3 Å². The van der Waals surface area contributed by atoms with E-state index in [0.29, 0.717) is 13.1 Å². The molecule has 0 saturated carbocycles. The molecule has 0 radical (unpaired) electrons.